The zero-order valence-corrected chi connectivity index (χ0v) is 9.08. The zero-order valence-electron chi connectivity index (χ0n) is 9.08. The number of rotatable bonds is 3. The second-order valence-electron chi connectivity index (χ2n) is 4.40. The third-order valence-electron chi connectivity index (χ3n) is 3.46. The first-order valence-corrected chi connectivity index (χ1v) is 5.56. The Bertz CT molecular complexity index is 400. The van der Waals surface area contributed by atoms with E-state index in [1.165, 1.54) is 12.1 Å². The second-order valence-corrected chi connectivity index (χ2v) is 4.40. The Balaban J connectivity index is 2.31. The minimum absolute atomic E-state index is 0.0644. The molecule has 0 N–H and O–H groups in total. The largest absolute Gasteiger partial charge is 0.234 e. The number of aliphatic imine (C=N–C) groups is 1. The number of isocyanates is 1. The standard InChI is InChI=1S/C13H14FNO/c14-12-5-3-11(4-6-12)13(9-15-10-16)7-1-2-8-13/h3-6H,1-2,7-9H2. The molecule has 0 aliphatic heterocycles. The van der Waals surface area contributed by atoms with Crippen LogP contribution in [0.1, 0.15) is 31.2 Å². The van der Waals surface area contributed by atoms with E-state index in [4.69, 9.17) is 0 Å². The molecule has 0 unspecified atom stereocenters. The average molecular weight is 219 g/mol. The molecule has 1 fully saturated rings. The van der Waals surface area contributed by atoms with E-state index in [-0.39, 0.29) is 11.2 Å². The van der Waals surface area contributed by atoms with Crippen LogP contribution in [0.4, 0.5) is 4.39 Å². The van der Waals surface area contributed by atoms with Gasteiger partial charge in [0.25, 0.3) is 0 Å². The van der Waals surface area contributed by atoms with Gasteiger partial charge >= 0.3 is 0 Å². The van der Waals surface area contributed by atoms with Crippen molar-refractivity contribution in [2.45, 2.75) is 31.1 Å². The smallest absolute Gasteiger partial charge is 0.211 e. The fourth-order valence-electron chi connectivity index (χ4n) is 2.58. The van der Waals surface area contributed by atoms with E-state index in [0.29, 0.717) is 6.54 Å². The van der Waals surface area contributed by atoms with Crippen molar-refractivity contribution in [3.05, 3.63) is 35.6 Å². The van der Waals surface area contributed by atoms with Crippen molar-refractivity contribution >= 4 is 6.08 Å². The van der Waals surface area contributed by atoms with E-state index in [1.807, 2.05) is 0 Å². The van der Waals surface area contributed by atoms with E-state index in [9.17, 15) is 9.18 Å². The molecule has 0 atom stereocenters. The Morgan fingerprint density at radius 3 is 2.44 bits per heavy atom. The van der Waals surface area contributed by atoms with Gasteiger partial charge in [-0.2, -0.15) is 0 Å². The molecule has 0 saturated heterocycles. The Morgan fingerprint density at radius 1 is 1.25 bits per heavy atom. The maximum atomic E-state index is 12.9. The van der Waals surface area contributed by atoms with E-state index >= 15 is 0 Å². The molecule has 16 heavy (non-hydrogen) atoms. The Kier molecular flexibility index (Phi) is 3.16. The van der Waals surface area contributed by atoms with E-state index < -0.39 is 0 Å². The first-order chi connectivity index (χ1) is 7.77. The van der Waals surface area contributed by atoms with Gasteiger partial charge < -0.3 is 0 Å². The van der Waals surface area contributed by atoms with Crippen LogP contribution in [0.2, 0.25) is 0 Å². The molecule has 2 rings (SSSR count). The summed E-state index contributed by atoms with van der Waals surface area (Å²) in [6.07, 6.45) is 5.93. The second kappa shape index (κ2) is 4.58. The van der Waals surface area contributed by atoms with Crippen LogP contribution in [-0.2, 0) is 10.2 Å². The molecule has 1 aliphatic carbocycles. The monoisotopic (exact) mass is 219 g/mol. The van der Waals surface area contributed by atoms with Crippen LogP contribution in [0.5, 0.6) is 0 Å². The number of benzene rings is 1. The highest BCUT2D eigenvalue weighted by Gasteiger charge is 2.35. The van der Waals surface area contributed by atoms with Gasteiger partial charge in [-0.3, -0.25) is 0 Å². The lowest BCUT2D eigenvalue weighted by Crippen LogP contribution is -2.25. The number of hydrogen-bond donors (Lipinski definition) is 0. The summed E-state index contributed by atoms with van der Waals surface area (Å²) in [6.45, 7) is 0.474. The Hall–Kier alpha value is -1.47. The van der Waals surface area contributed by atoms with Gasteiger partial charge in [0.2, 0.25) is 6.08 Å². The Morgan fingerprint density at radius 2 is 1.88 bits per heavy atom. The van der Waals surface area contributed by atoms with Gasteiger partial charge in [0, 0.05) is 5.41 Å². The van der Waals surface area contributed by atoms with Crippen LogP contribution < -0.4 is 0 Å². The molecule has 84 valence electrons. The van der Waals surface area contributed by atoms with Crippen LogP contribution in [0.15, 0.2) is 29.3 Å². The van der Waals surface area contributed by atoms with Crippen molar-refractivity contribution in [3.8, 4) is 0 Å². The number of carbonyl (C=O) groups excluding carboxylic acids is 1. The van der Waals surface area contributed by atoms with E-state index in [2.05, 4.69) is 4.99 Å². The number of halogens is 1. The lowest BCUT2D eigenvalue weighted by Gasteiger charge is -2.27. The number of nitrogens with zero attached hydrogens (tertiary/aromatic N) is 1. The van der Waals surface area contributed by atoms with Crippen molar-refractivity contribution in [1.82, 2.24) is 0 Å². The summed E-state index contributed by atoms with van der Waals surface area (Å²) in [5.74, 6) is -0.226. The molecule has 3 heteroatoms. The van der Waals surface area contributed by atoms with Gasteiger partial charge in [0.15, 0.2) is 0 Å². The van der Waals surface area contributed by atoms with Crippen LogP contribution in [0.3, 0.4) is 0 Å². The molecule has 0 amide bonds. The molecule has 0 bridgehead atoms. The zero-order chi connectivity index (χ0) is 11.4. The van der Waals surface area contributed by atoms with Gasteiger partial charge in [0.1, 0.15) is 5.82 Å². The van der Waals surface area contributed by atoms with Crippen molar-refractivity contribution in [3.63, 3.8) is 0 Å². The molecule has 2 nitrogen and oxygen atoms in total. The van der Waals surface area contributed by atoms with Crippen molar-refractivity contribution in [2.75, 3.05) is 6.54 Å². The highest BCUT2D eigenvalue weighted by atomic mass is 19.1. The first kappa shape index (κ1) is 11.0. The van der Waals surface area contributed by atoms with Gasteiger partial charge in [-0.25, -0.2) is 14.2 Å². The lowest BCUT2D eigenvalue weighted by molar-refractivity contribution is 0.450. The fourth-order valence-corrected chi connectivity index (χ4v) is 2.58. The third kappa shape index (κ3) is 2.05. The highest BCUT2D eigenvalue weighted by molar-refractivity contribution is 5.35. The van der Waals surface area contributed by atoms with Crippen LogP contribution in [-0.4, -0.2) is 12.6 Å². The SMILES string of the molecule is O=C=NCC1(c2ccc(F)cc2)CCCC1. The van der Waals surface area contributed by atoms with Crippen LogP contribution in [0, 0.1) is 5.82 Å². The topological polar surface area (TPSA) is 29.4 Å². The summed E-state index contributed by atoms with van der Waals surface area (Å²) in [5, 5.41) is 0. The third-order valence-corrected chi connectivity index (χ3v) is 3.46. The van der Waals surface area contributed by atoms with Gasteiger partial charge in [-0.15, -0.1) is 0 Å². The van der Waals surface area contributed by atoms with Crippen LogP contribution in [0.25, 0.3) is 0 Å². The predicted octanol–water partition coefficient (Wildman–Crippen LogP) is 2.97. The summed E-state index contributed by atoms with van der Waals surface area (Å²) in [4.78, 5) is 14.0. The van der Waals surface area contributed by atoms with Crippen molar-refractivity contribution < 1.29 is 9.18 Å². The molecule has 0 aromatic heterocycles. The molecule has 0 radical (unpaired) electrons. The molecule has 1 saturated carbocycles. The van der Waals surface area contributed by atoms with Gasteiger partial charge in [-0.05, 0) is 30.5 Å². The maximum Gasteiger partial charge on any atom is 0.234 e. The summed E-state index contributed by atoms with van der Waals surface area (Å²) < 4.78 is 12.9. The normalized spacial score (nSPS) is 18.1. The minimum atomic E-state index is -0.226. The molecular formula is C13H14FNO. The Labute approximate surface area is 94.2 Å². The van der Waals surface area contributed by atoms with E-state index in [0.717, 1.165) is 31.2 Å². The van der Waals surface area contributed by atoms with Gasteiger partial charge in [-0.1, -0.05) is 25.0 Å². The summed E-state index contributed by atoms with van der Waals surface area (Å²) in [6, 6.07) is 6.56. The quantitative estimate of drug-likeness (QED) is 0.567. The van der Waals surface area contributed by atoms with E-state index in [1.54, 1.807) is 18.2 Å². The predicted molar refractivity (Wildman–Crippen MR) is 59.5 cm³/mol. The van der Waals surface area contributed by atoms with Gasteiger partial charge in [0.05, 0.1) is 6.54 Å². The van der Waals surface area contributed by atoms with Crippen molar-refractivity contribution in [1.29, 1.82) is 0 Å². The number of hydrogen-bond acceptors (Lipinski definition) is 2. The first-order valence-electron chi connectivity index (χ1n) is 5.56. The minimum Gasteiger partial charge on any atom is -0.211 e. The lowest BCUT2D eigenvalue weighted by atomic mass is 9.79. The molecular weight excluding hydrogens is 205 g/mol. The summed E-state index contributed by atoms with van der Waals surface area (Å²) in [5.41, 5.74) is 1.02. The van der Waals surface area contributed by atoms with Crippen molar-refractivity contribution in [2.24, 2.45) is 4.99 Å². The highest BCUT2D eigenvalue weighted by Crippen LogP contribution is 2.41. The fraction of sp³-hybridized carbons (Fsp3) is 0.462. The molecule has 1 aromatic carbocycles. The average Bonchev–Trinajstić information content (AvgIpc) is 2.77. The molecule has 1 aromatic rings. The molecule has 0 spiro atoms. The van der Waals surface area contributed by atoms with Crippen LogP contribution >= 0.6 is 0 Å². The summed E-state index contributed by atoms with van der Waals surface area (Å²) >= 11 is 0. The summed E-state index contributed by atoms with van der Waals surface area (Å²) in [7, 11) is 0. The molecule has 1 aliphatic rings. The maximum absolute atomic E-state index is 12.9. The molecule has 0 heterocycles.